The summed E-state index contributed by atoms with van der Waals surface area (Å²) in [4.78, 5) is 40.2. The van der Waals surface area contributed by atoms with Gasteiger partial charge >= 0.3 is 0 Å². The first-order valence-electron chi connectivity index (χ1n) is 9.82. The maximum absolute atomic E-state index is 13.1. The Kier molecular flexibility index (Phi) is 3.43. The summed E-state index contributed by atoms with van der Waals surface area (Å²) in [6, 6.07) is 4.91. The van der Waals surface area contributed by atoms with Crippen molar-refractivity contribution in [3.63, 3.8) is 0 Å². The minimum absolute atomic E-state index is 0.155. The van der Waals surface area contributed by atoms with Crippen LogP contribution in [0.15, 0.2) is 30.4 Å². The van der Waals surface area contributed by atoms with Crippen LogP contribution in [0.2, 0.25) is 0 Å². The number of rotatable bonds is 3. The summed E-state index contributed by atoms with van der Waals surface area (Å²) in [6.45, 7) is 5.65. The molecule has 5 heteroatoms. The van der Waals surface area contributed by atoms with Crippen LogP contribution in [-0.4, -0.2) is 28.7 Å². The predicted molar refractivity (Wildman–Crippen MR) is 101 cm³/mol. The number of amides is 3. The number of likely N-dealkylation sites (tertiary alicyclic amines) is 1. The van der Waals surface area contributed by atoms with Crippen LogP contribution in [0.5, 0.6) is 0 Å². The van der Waals surface area contributed by atoms with Gasteiger partial charge in [-0.15, -0.1) is 0 Å². The summed E-state index contributed by atoms with van der Waals surface area (Å²) in [5.41, 5.74) is 2.92. The van der Waals surface area contributed by atoms with Gasteiger partial charge in [0, 0.05) is 5.69 Å². The van der Waals surface area contributed by atoms with Gasteiger partial charge in [-0.25, -0.2) is 0 Å². The molecule has 1 aromatic rings. The number of carbonyl (C=O) groups is 3. The number of anilines is 1. The number of allylic oxidation sites excluding steroid dienone is 2. The monoisotopic (exact) mass is 364 g/mol. The second-order valence-electron chi connectivity index (χ2n) is 8.67. The topological polar surface area (TPSA) is 66.5 Å². The number of benzene rings is 1. The minimum Gasteiger partial charge on any atom is -0.324 e. The van der Waals surface area contributed by atoms with E-state index in [0.717, 1.165) is 17.5 Å². The minimum atomic E-state index is -0.798. The van der Waals surface area contributed by atoms with Crippen molar-refractivity contribution in [2.45, 2.75) is 33.2 Å². The average Bonchev–Trinajstić information content (AvgIpc) is 3.42. The van der Waals surface area contributed by atoms with Crippen LogP contribution < -0.4 is 5.32 Å². The van der Waals surface area contributed by atoms with E-state index < -0.39 is 6.04 Å². The molecule has 1 aromatic carbocycles. The fourth-order valence-electron chi connectivity index (χ4n) is 5.54. The summed E-state index contributed by atoms with van der Waals surface area (Å²) in [5, 5.41) is 2.86. The lowest BCUT2D eigenvalue weighted by atomic mass is 9.63. The molecule has 1 N–H and O–H groups in total. The largest absolute Gasteiger partial charge is 0.324 e. The van der Waals surface area contributed by atoms with Crippen molar-refractivity contribution in [1.29, 1.82) is 0 Å². The Morgan fingerprint density at radius 3 is 2.19 bits per heavy atom. The summed E-state index contributed by atoms with van der Waals surface area (Å²) >= 11 is 0. The van der Waals surface area contributed by atoms with E-state index in [9.17, 15) is 14.4 Å². The average molecular weight is 364 g/mol. The molecule has 27 heavy (non-hydrogen) atoms. The van der Waals surface area contributed by atoms with E-state index in [2.05, 4.69) is 17.5 Å². The number of hydrogen-bond donors (Lipinski definition) is 1. The van der Waals surface area contributed by atoms with Gasteiger partial charge < -0.3 is 5.32 Å². The van der Waals surface area contributed by atoms with Gasteiger partial charge in [-0.1, -0.05) is 18.2 Å². The van der Waals surface area contributed by atoms with Crippen LogP contribution in [0, 0.1) is 49.4 Å². The molecule has 3 fully saturated rings. The summed E-state index contributed by atoms with van der Waals surface area (Å²) < 4.78 is 0. The Hall–Kier alpha value is -2.43. The van der Waals surface area contributed by atoms with E-state index in [1.807, 2.05) is 32.0 Å². The SMILES string of the molecule is Cc1ccc(NC(=O)[C@H](C)N2C(=O)[C@@H]3[C@H]4C=C[C@@H]([C@@H]5C[C@H]45)[C@H]3C2=O)cc1C. The van der Waals surface area contributed by atoms with Gasteiger partial charge in [0.15, 0.2) is 0 Å². The van der Waals surface area contributed by atoms with Crippen LogP contribution >= 0.6 is 0 Å². The van der Waals surface area contributed by atoms with Crippen molar-refractivity contribution in [1.82, 2.24) is 4.90 Å². The first-order chi connectivity index (χ1) is 12.9. The van der Waals surface area contributed by atoms with Crippen molar-refractivity contribution in [2.24, 2.45) is 35.5 Å². The Labute approximate surface area is 158 Å². The molecule has 3 amide bonds. The van der Waals surface area contributed by atoms with Crippen molar-refractivity contribution >= 4 is 23.4 Å². The first kappa shape index (κ1) is 16.7. The van der Waals surface area contributed by atoms with Crippen LogP contribution in [0.25, 0.3) is 0 Å². The lowest BCUT2D eigenvalue weighted by Gasteiger charge is -2.37. The quantitative estimate of drug-likeness (QED) is 0.662. The molecule has 6 rings (SSSR count). The normalized spacial score (nSPS) is 36.5. The highest BCUT2D eigenvalue weighted by atomic mass is 16.2. The van der Waals surface area contributed by atoms with Gasteiger partial charge in [0.05, 0.1) is 11.8 Å². The van der Waals surface area contributed by atoms with Crippen LogP contribution in [-0.2, 0) is 14.4 Å². The maximum Gasteiger partial charge on any atom is 0.247 e. The van der Waals surface area contributed by atoms with Gasteiger partial charge in [0.1, 0.15) is 6.04 Å². The van der Waals surface area contributed by atoms with Crippen LogP contribution in [0.1, 0.15) is 24.5 Å². The highest BCUT2D eigenvalue weighted by molar-refractivity contribution is 6.10. The highest BCUT2D eigenvalue weighted by Gasteiger charge is 2.67. The molecule has 7 atom stereocenters. The van der Waals surface area contributed by atoms with Crippen LogP contribution in [0.4, 0.5) is 5.69 Å². The van der Waals surface area contributed by atoms with Gasteiger partial charge in [0.25, 0.3) is 0 Å². The molecule has 2 bridgehead atoms. The maximum atomic E-state index is 13.1. The van der Waals surface area contributed by atoms with Crippen LogP contribution in [0.3, 0.4) is 0 Å². The molecule has 1 aliphatic heterocycles. The summed E-state index contributed by atoms with van der Waals surface area (Å²) in [7, 11) is 0. The third-order valence-electron chi connectivity index (χ3n) is 7.24. The number of nitrogens with zero attached hydrogens (tertiary/aromatic N) is 1. The zero-order valence-corrected chi connectivity index (χ0v) is 15.8. The molecule has 2 saturated carbocycles. The number of nitrogens with one attached hydrogen (secondary N) is 1. The highest BCUT2D eigenvalue weighted by Crippen LogP contribution is 2.65. The van der Waals surface area contributed by atoms with Gasteiger partial charge in [-0.3, -0.25) is 19.3 Å². The Bertz CT molecular complexity index is 869. The zero-order valence-electron chi connectivity index (χ0n) is 15.8. The van der Waals surface area contributed by atoms with Crippen molar-refractivity contribution in [3.8, 4) is 0 Å². The van der Waals surface area contributed by atoms with Gasteiger partial charge in [-0.05, 0) is 74.1 Å². The first-order valence-corrected chi connectivity index (χ1v) is 9.82. The fourth-order valence-corrected chi connectivity index (χ4v) is 5.54. The van der Waals surface area contributed by atoms with Crippen molar-refractivity contribution in [3.05, 3.63) is 41.5 Å². The summed E-state index contributed by atoms with van der Waals surface area (Å²) in [6.07, 6.45) is 5.43. The molecule has 5 aliphatic rings. The van der Waals surface area contributed by atoms with E-state index in [1.54, 1.807) is 6.92 Å². The zero-order chi connectivity index (χ0) is 19.0. The Balaban J connectivity index is 1.37. The molecule has 0 radical (unpaired) electrons. The number of imide groups is 1. The second kappa shape index (κ2) is 5.54. The van der Waals surface area contributed by atoms with E-state index in [1.165, 1.54) is 4.90 Å². The lowest BCUT2D eigenvalue weighted by molar-refractivity contribution is -0.146. The third-order valence-corrected chi connectivity index (χ3v) is 7.24. The number of carbonyl (C=O) groups excluding carboxylic acids is 3. The van der Waals surface area contributed by atoms with Crippen molar-refractivity contribution in [2.75, 3.05) is 5.32 Å². The smallest absolute Gasteiger partial charge is 0.247 e. The third kappa shape index (κ3) is 2.27. The molecule has 0 aromatic heterocycles. The Morgan fingerprint density at radius 2 is 1.63 bits per heavy atom. The predicted octanol–water partition coefficient (Wildman–Crippen LogP) is 2.68. The van der Waals surface area contributed by atoms with Gasteiger partial charge in [0.2, 0.25) is 17.7 Å². The van der Waals surface area contributed by atoms with Crippen molar-refractivity contribution < 1.29 is 14.4 Å². The molecule has 1 heterocycles. The van der Waals surface area contributed by atoms with E-state index in [4.69, 9.17) is 0 Å². The number of hydrogen-bond acceptors (Lipinski definition) is 3. The van der Waals surface area contributed by atoms with Gasteiger partial charge in [-0.2, -0.15) is 0 Å². The molecule has 5 nitrogen and oxygen atoms in total. The standard InChI is InChI=1S/C22H24N2O3/c1-10-4-5-13(8-11(10)2)23-20(25)12(3)24-21(26)18-14-6-7-15(17-9-16(14)17)19(18)22(24)27/h4-8,12,14-19H,9H2,1-3H3,(H,23,25)/t12-,14-,15-,16-,17+,18+,19+/m0/s1. The molecule has 140 valence electrons. The Morgan fingerprint density at radius 1 is 1.04 bits per heavy atom. The molecule has 0 spiro atoms. The lowest BCUT2D eigenvalue weighted by Crippen LogP contribution is -2.46. The van der Waals surface area contributed by atoms with E-state index >= 15 is 0 Å². The fraction of sp³-hybridized carbons (Fsp3) is 0.500. The summed E-state index contributed by atoms with van der Waals surface area (Å²) in [5.74, 6) is 0.360. The van der Waals surface area contributed by atoms with E-state index in [-0.39, 0.29) is 41.4 Å². The molecule has 0 unspecified atom stereocenters. The molecule has 1 saturated heterocycles. The molecular weight excluding hydrogens is 340 g/mol. The number of aryl methyl sites for hydroxylation is 2. The van der Waals surface area contributed by atoms with E-state index in [0.29, 0.717) is 17.5 Å². The molecular formula is C22H24N2O3. The molecule has 4 aliphatic carbocycles. The second-order valence-corrected chi connectivity index (χ2v) is 8.67.